The maximum Gasteiger partial charge on any atom is 0.322 e. The van der Waals surface area contributed by atoms with Gasteiger partial charge in [-0.05, 0) is 79.6 Å². The molecule has 0 saturated carbocycles. The predicted molar refractivity (Wildman–Crippen MR) is 110 cm³/mol. The lowest BCUT2D eigenvalue weighted by molar-refractivity contribution is 0.102. The molecule has 0 fully saturated rings. The van der Waals surface area contributed by atoms with Crippen LogP contribution >= 0.6 is 0 Å². The van der Waals surface area contributed by atoms with Crippen molar-refractivity contribution in [2.75, 3.05) is 5.32 Å². The number of ether oxygens (including phenoxy) is 1. The Hall–Kier alpha value is -4.00. The third-order valence-electron chi connectivity index (χ3n) is 4.42. The zero-order chi connectivity index (χ0) is 21.1. The van der Waals surface area contributed by atoms with Crippen molar-refractivity contribution in [3.8, 4) is 23.0 Å². The van der Waals surface area contributed by atoms with E-state index in [0.29, 0.717) is 16.9 Å². The van der Waals surface area contributed by atoms with Crippen molar-refractivity contribution in [3.05, 3.63) is 89.2 Å². The molecule has 0 spiro atoms. The van der Waals surface area contributed by atoms with Gasteiger partial charge in [0.1, 0.15) is 17.3 Å². The van der Waals surface area contributed by atoms with Crippen LogP contribution in [0.4, 0.5) is 10.4 Å². The van der Waals surface area contributed by atoms with E-state index in [0.717, 1.165) is 16.9 Å². The third kappa shape index (κ3) is 4.35. The molecule has 30 heavy (non-hydrogen) atoms. The highest BCUT2D eigenvalue weighted by molar-refractivity contribution is 6.03. The molecular weight excluding hydrogens is 385 g/mol. The van der Waals surface area contributed by atoms with Gasteiger partial charge in [-0.2, -0.15) is 0 Å². The molecule has 0 radical (unpaired) electrons. The van der Waals surface area contributed by atoms with Gasteiger partial charge >= 0.3 is 6.01 Å². The molecule has 150 valence electrons. The molecule has 1 aromatic heterocycles. The Bertz CT molecular complexity index is 1190. The Kier molecular flexibility index (Phi) is 5.26. The summed E-state index contributed by atoms with van der Waals surface area (Å²) in [4.78, 5) is 12.4. The number of amides is 1. The number of aryl methyl sites for hydroxylation is 2. The van der Waals surface area contributed by atoms with Gasteiger partial charge in [-0.15, -0.1) is 5.10 Å². The molecule has 1 N–H and O–H groups in total. The van der Waals surface area contributed by atoms with E-state index in [2.05, 4.69) is 15.5 Å². The Balaban J connectivity index is 1.43. The predicted octanol–water partition coefficient (Wildman–Crippen LogP) is 5.54. The van der Waals surface area contributed by atoms with Crippen molar-refractivity contribution in [2.45, 2.75) is 13.8 Å². The molecular formula is C23H18FN3O3. The summed E-state index contributed by atoms with van der Waals surface area (Å²) in [7, 11) is 0. The van der Waals surface area contributed by atoms with Crippen LogP contribution in [0.15, 0.2) is 71.1 Å². The van der Waals surface area contributed by atoms with Crippen molar-refractivity contribution in [1.29, 1.82) is 0 Å². The molecule has 1 amide bonds. The molecule has 0 aliphatic heterocycles. The zero-order valence-corrected chi connectivity index (χ0v) is 16.3. The van der Waals surface area contributed by atoms with Crippen LogP contribution in [0.25, 0.3) is 11.5 Å². The third-order valence-corrected chi connectivity index (χ3v) is 4.42. The smallest absolute Gasteiger partial charge is 0.322 e. The van der Waals surface area contributed by atoms with E-state index in [4.69, 9.17) is 9.15 Å². The van der Waals surface area contributed by atoms with Crippen LogP contribution in [0.2, 0.25) is 0 Å². The molecule has 0 bridgehead atoms. The Morgan fingerprint density at radius 2 is 1.70 bits per heavy atom. The van der Waals surface area contributed by atoms with E-state index in [1.54, 1.807) is 24.3 Å². The van der Waals surface area contributed by atoms with Gasteiger partial charge in [-0.25, -0.2) is 4.39 Å². The van der Waals surface area contributed by atoms with Crippen LogP contribution in [0.5, 0.6) is 11.5 Å². The molecule has 6 nitrogen and oxygen atoms in total. The van der Waals surface area contributed by atoms with E-state index in [9.17, 15) is 9.18 Å². The highest BCUT2D eigenvalue weighted by Crippen LogP contribution is 2.26. The van der Waals surface area contributed by atoms with Crippen molar-refractivity contribution in [3.63, 3.8) is 0 Å². The largest absolute Gasteiger partial charge is 0.457 e. The van der Waals surface area contributed by atoms with Crippen LogP contribution < -0.4 is 10.1 Å². The Morgan fingerprint density at radius 3 is 2.43 bits per heavy atom. The summed E-state index contributed by atoms with van der Waals surface area (Å²) in [6.07, 6.45) is 0. The molecule has 7 heteroatoms. The monoisotopic (exact) mass is 403 g/mol. The summed E-state index contributed by atoms with van der Waals surface area (Å²) in [5.74, 6) is 0.810. The fraction of sp³-hybridized carbons (Fsp3) is 0.0870. The lowest BCUT2D eigenvalue weighted by Crippen LogP contribution is -2.11. The van der Waals surface area contributed by atoms with Crippen molar-refractivity contribution < 1.29 is 18.3 Å². The average molecular weight is 403 g/mol. The van der Waals surface area contributed by atoms with Crippen molar-refractivity contribution in [1.82, 2.24) is 10.2 Å². The maximum absolute atomic E-state index is 13.0. The Morgan fingerprint density at radius 1 is 0.967 bits per heavy atom. The first-order valence-electron chi connectivity index (χ1n) is 9.24. The number of anilines is 1. The minimum Gasteiger partial charge on any atom is -0.457 e. The number of hydrogen-bond acceptors (Lipinski definition) is 5. The molecule has 0 aliphatic rings. The summed E-state index contributed by atoms with van der Waals surface area (Å²) in [5, 5.41) is 10.2. The normalized spacial score (nSPS) is 10.6. The first-order chi connectivity index (χ1) is 14.5. The number of benzene rings is 3. The average Bonchev–Trinajstić information content (AvgIpc) is 3.20. The highest BCUT2D eigenvalue weighted by Gasteiger charge is 2.13. The van der Waals surface area contributed by atoms with E-state index in [1.807, 2.05) is 32.0 Å². The number of nitrogens with one attached hydrogen (secondary N) is 1. The molecule has 1 heterocycles. The summed E-state index contributed by atoms with van der Waals surface area (Å²) in [6.45, 7) is 3.97. The van der Waals surface area contributed by atoms with Crippen LogP contribution in [-0.4, -0.2) is 16.1 Å². The number of hydrogen-bond donors (Lipinski definition) is 1. The van der Waals surface area contributed by atoms with Gasteiger partial charge in [0.05, 0.1) is 0 Å². The van der Waals surface area contributed by atoms with Crippen molar-refractivity contribution >= 4 is 11.9 Å². The molecule has 4 aromatic rings. The van der Waals surface area contributed by atoms with Gasteiger partial charge in [0.25, 0.3) is 5.91 Å². The number of nitrogens with zero attached hydrogens (tertiary/aromatic N) is 2. The first-order valence-corrected chi connectivity index (χ1v) is 9.24. The molecule has 0 saturated heterocycles. The Labute approximate surface area is 172 Å². The van der Waals surface area contributed by atoms with Crippen molar-refractivity contribution in [2.24, 2.45) is 0 Å². The quantitative estimate of drug-likeness (QED) is 0.474. The van der Waals surface area contributed by atoms with Gasteiger partial charge < -0.3 is 9.15 Å². The SMILES string of the molecule is Cc1ccc(C)c(Oc2ccc(C(=O)Nc3nnc(-c4ccc(F)cc4)o3)cc2)c1. The summed E-state index contributed by atoms with van der Waals surface area (Å²) in [5.41, 5.74) is 3.09. The zero-order valence-electron chi connectivity index (χ0n) is 16.3. The van der Waals surface area contributed by atoms with E-state index < -0.39 is 5.91 Å². The van der Waals surface area contributed by atoms with Gasteiger partial charge in [0, 0.05) is 11.1 Å². The molecule has 4 rings (SSSR count). The first kappa shape index (κ1) is 19.3. The van der Waals surface area contributed by atoms with Gasteiger partial charge in [0.2, 0.25) is 5.89 Å². The summed E-state index contributed by atoms with van der Waals surface area (Å²) in [6, 6.07) is 18.3. The molecule has 3 aromatic carbocycles. The standard InChI is InChI=1S/C23H18FN3O3/c1-14-3-4-15(2)20(13-14)29-19-11-7-16(8-12-19)21(28)25-23-27-26-22(30-23)17-5-9-18(24)10-6-17/h3-13H,1-2H3,(H,25,27,28). The summed E-state index contributed by atoms with van der Waals surface area (Å²) >= 11 is 0. The van der Waals surface area contributed by atoms with Crippen LogP contribution in [-0.2, 0) is 0 Å². The molecule has 0 unspecified atom stereocenters. The van der Waals surface area contributed by atoms with Crippen LogP contribution in [0.3, 0.4) is 0 Å². The number of aromatic nitrogens is 2. The number of carbonyl (C=O) groups excluding carboxylic acids is 1. The minimum atomic E-state index is -0.400. The number of rotatable bonds is 5. The van der Waals surface area contributed by atoms with E-state index >= 15 is 0 Å². The second-order valence-electron chi connectivity index (χ2n) is 6.77. The summed E-state index contributed by atoms with van der Waals surface area (Å²) < 4.78 is 24.4. The lowest BCUT2D eigenvalue weighted by atomic mass is 10.1. The van der Waals surface area contributed by atoms with Gasteiger partial charge in [-0.1, -0.05) is 17.2 Å². The van der Waals surface area contributed by atoms with Crippen LogP contribution in [0.1, 0.15) is 21.5 Å². The topological polar surface area (TPSA) is 77.2 Å². The number of carbonyl (C=O) groups is 1. The van der Waals surface area contributed by atoms with E-state index in [-0.39, 0.29) is 17.7 Å². The number of halogens is 1. The lowest BCUT2D eigenvalue weighted by Gasteiger charge is -2.10. The van der Waals surface area contributed by atoms with Gasteiger partial charge in [0.15, 0.2) is 0 Å². The fourth-order valence-electron chi connectivity index (χ4n) is 2.77. The molecule has 0 atom stereocenters. The molecule has 0 aliphatic carbocycles. The van der Waals surface area contributed by atoms with E-state index in [1.165, 1.54) is 24.3 Å². The van der Waals surface area contributed by atoms with Gasteiger partial charge in [-0.3, -0.25) is 10.1 Å². The second-order valence-corrected chi connectivity index (χ2v) is 6.77. The second kappa shape index (κ2) is 8.16. The highest BCUT2D eigenvalue weighted by atomic mass is 19.1. The fourth-order valence-corrected chi connectivity index (χ4v) is 2.77. The minimum absolute atomic E-state index is 0.0463. The maximum atomic E-state index is 13.0. The van der Waals surface area contributed by atoms with Crippen LogP contribution in [0, 0.1) is 19.7 Å².